The van der Waals surface area contributed by atoms with Gasteiger partial charge >= 0.3 is 0 Å². The van der Waals surface area contributed by atoms with Gasteiger partial charge in [-0.15, -0.1) is 0 Å². The third kappa shape index (κ3) is 3.22. The molecule has 1 N–H and O–H groups in total. The quantitative estimate of drug-likeness (QED) is 0.738. The van der Waals surface area contributed by atoms with Crippen molar-refractivity contribution in [3.63, 3.8) is 0 Å². The predicted molar refractivity (Wildman–Crippen MR) is 86.3 cm³/mol. The van der Waals surface area contributed by atoms with Crippen molar-refractivity contribution >= 4 is 17.4 Å². The summed E-state index contributed by atoms with van der Waals surface area (Å²) in [5.41, 5.74) is 1.54. The first-order chi connectivity index (χ1) is 11.5. The highest BCUT2D eigenvalue weighted by molar-refractivity contribution is 6.06. The molecule has 0 saturated heterocycles. The highest BCUT2D eigenvalue weighted by atomic mass is 19.1. The molecule has 0 aliphatic heterocycles. The number of aromatic nitrogens is 1. The van der Waals surface area contributed by atoms with Crippen molar-refractivity contribution in [2.45, 2.75) is 6.92 Å². The highest BCUT2D eigenvalue weighted by Crippen LogP contribution is 2.24. The minimum absolute atomic E-state index is 0.0521. The number of amides is 1. The van der Waals surface area contributed by atoms with Crippen molar-refractivity contribution in [3.8, 4) is 11.3 Å². The molecule has 1 amide bonds. The molecule has 1 aromatic heterocycles. The molecule has 0 spiro atoms. The van der Waals surface area contributed by atoms with Gasteiger partial charge in [0.15, 0.2) is 23.6 Å². The second-order valence-electron chi connectivity index (χ2n) is 5.13. The van der Waals surface area contributed by atoms with Crippen LogP contribution in [-0.4, -0.2) is 16.7 Å². The van der Waals surface area contributed by atoms with Gasteiger partial charge in [0.1, 0.15) is 5.82 Å². The summed E-state index contributed by atoms with van der Waals surface area (Å²) in [6, 6.07) is 12.2. The fourth-order valence-corrected chi connectivity index (χ4v) is 2.22. The van der Waals surface area contributed by atoms with Gasteiger partial charge in [-0.25, -0.2) is 9.37 Å². The number of nitrogens with zero attached hydrogens (tertiary/aromatic N) is 1. The Bertz CT molecular complexity index is 901. The summed E-state index contributed by atoms with van der Waals surface area (Å²) in [4.78, 5) is 27.5. The van der Waals surface area contributed by atoms with Crippen molar-refractivity contribution in [1.82, 2.24) is 4.98 Å². The van der Waals surface area contributed by atoms with Gasteiger partial charge in [-0.3, -0.25) is 9.59 Å². The molecule has 0 aliphatic carbocycles. The lowest BCUT2D eigenvalue weighted by molar-refractivity contribution is 0.101. The van der Waals surface area contributed by atoms with Gasteiger partial charge < -0.3 is 9.73 Å². The number of halogens is 1. The van der Waals surface area contributed by atoms with Gasteiger partial charge in [0.05, 0.1) is 0 Å². The zero-order valence-corrected chi connectivity index (χ0v) is 12.7. The molecule has 0 unspecified atom stereocenters. The molecule has 2 aromatic carbocycles. The third-order valence-corrected chi connectivity index (χ3v) is 3.42. The van der Waals surface area contributed by atoms with E-state index in [1.165, 1.54) is 25.1 Å². The lowest BCUT2D eigenvalue weighted by atomic mass is 10.1. The molecule has 120 valence electrons. The van der Waals surface area contributed by atoms with E-state index >= 15 is 0 Å². The predicted octanol–water partition coefficient (Wildman–Crippen LogP) is 3.94. The molecule has 3 rings (SSSR count). The minimum Gasteiger partial charge on any atom is -0.443 e. The van der Waals surface area contributed by atoms with E-state index in [1.54, 1.807) is 30.3 Å². The lowest BCUT2D eigenvalue weighted by Gasteiger charge is -2.05. The average Bonchev–Trinajstić information content (AvgIpc) is 3.05. The van der Waals surface area contributed by atoms with Crippen LogP contribution in [0.5, 0.6) is 0 Å². The molecule has 1 heterocycles. The van der Waals surface area contributed by atoms with Crippen molar-refractivity contribution in [1.29, 1.82) is 0 Å². The number of oxazole rings is 1. The summed E-state index contributed by atoms with van der Waals surface area (Å²) in [5.74, 6) is -0.793. The van der Waals surface area contributed by atoms with Gasteiger partial charge in [0, 0.05) is 16.8 Å². The van der Waals surface area contributed by atoms with Crippen molar-refractivity contribution in [2.75, 3.05) is 5.32 Å². The molecule has 5 nitrogen and oxygen atoms in total. The van der Waals surface area contributed by atoms with Crippen LogP contribution >= 0.6 is 0 Å². The number of hydrogen-bond donors (Lipinski definition) is 1. The van der Waals surface area contributed by atoms with Crippen LogP contribution in [0.2, 0.25) is 0 Å². The second kappa shape index (κ2) is 6.45. The van der Waals surface area contributed by atoms with E-state index < -0.39 is 11.7 Å². The largest absolute Gasteiger partial charge is 0.443 e. The van der Waals surface area contributed by atoms with E-state index in [4.69, 9.17) is 4.42 Å². The number of carbonyl (C=O) groups is 2. The second-order valence-corrected chi connectivity index (χ2v) is 5.13. The zero-order valence-electron chi connectivity index (χ0n) is 12.7. The maximum Gasteiger partial charge on any atom is 0.278 e. The zero-order chi connectivity index (χ0) is 17.1. The van der Waals surface area contributed by atoms with E-state index in [-0.39, 0.29) is 17.2 Å². The Morgan fingerprint density at radius 3 is 2.54 bits per heavy atom. The van der Waals surface area contributed by atoms with Gasteiger partial charge in [-0.1, -0.05) is 12.1 Å². The normalized spacial score (nSPS) is 10.4. The first-order valence-corrected chi connectivity index (χ1v) is 7.16. The standard InChI is InChI=1S/C18H13FN2O3/c1-11(22)12-5-7-15(8-6-12)21-18(23)16-17(24-10-20-16)13-3-2-4-14(19)9-13/h2-10H,1H3,(H,21,23). The summed E-state index contributed by atoms with van der Waals surface area (Å²) in [7, 11) is 0. The number of benzene rings is 2. The average molecular weight is 324 g/mol. The summed E-state index contributed by atoms with van der Waals surface area (Å²) < 4.78 is 18.6. The number of anilines is 1. The summed E-state index contributed by atoms with van der Waals surface area (Å²) >= 11 is 0. The summed E-state index contributed by atoms with van der Waals surface area (Å²) in [6.45, 7) is 1.47. The van der Waals surface area contributed by atoms with Crippen LogP contribution in [0, 0.1) is 5.82 Å². The monoisotopic (exact) mass is 324 g/mol. The molecule has 0 aliphatic rings. The Balaban J connectivity index is 1.84. The fraction of sp³-hybridized carbons (Fsp3) is 0.0556. The minimum atomic E-state index is -0.487. The Morgan fingerprint density at radius 1 is 1.12 bits per heavy atom. The molecule has 0 atom stereocenters. The Labute approximate surface area is 137 Å². The molecule has 0 fully saturated rings. The van der Waals surface area contributed by atoms with E-state index in [0.29, 0.717) is 16.8 Å². The smallest absolute Gasteiger partial charge is 0.278 e. The molecule has 3 aromatic rings. The highest BCUT2D eigenvalue weighted by Gasteiger charge is 2.18. The molecular weight excluding hydrogens is 311 g/mol. The summed E-state index contributed by atoms with van der Waals surface area (Å²) in [5, 5.41) is 2.67. The fourth-order valence-electron chi connectivity index (χ4n) is 2.22. The molecule has 24 heavy (non-hydrogen) atoms. The van der Waals surface area contributed by atoms with Crippen LogP contribution in [0.15, 0.2) is 59.3 Å². The molecular formula is C18H13FN2O3. The van der Waals surface area contributed by atoms with E-state index in [0.717, 1.165) is 6.39 Å². The molecule has 6 heteroatoms. The van der Waals surface area contributed by atoms with Crippen LogP contribution in [-0.2, 0) is 0 Å². The van der Waals surface area contributed by atoms with E-state index in [1.807, 2.05) is 0 Å². The molecule has 0 bridgehead atoms. The van der Waals surface area contributed by atoms with Crippen LogP contribution in [0.3, 0.4) is 0 Å². The maximum atomic E-state index is 13.4. The van der Waals surface area contributed by atoms with Crippen molar-refractivity contribution in [2.24, 2.45) is 0 Å². The number of ketones is 1. The Morgan fingerprint density at radius 2 is 1.88 bits per heavy atom. The number of Topliss-reactive ketones (excluding diaryl/α,β-unsaturated/α-hetero) is 1. The number of hydrogen-bond acceptors (Lipinski definition) is 4. The maximum absolute atomic E-state index is 13.4. The number of rotatable bonds is 4. The van der Waals surface area contributed by atoms with Crippen LogP contribution in [0.25, 0.3) is 11.3 Å². The van der Waals surface area contributed by atoms with Crippen LogP contribution in [0.4, 0.5) is 10.1 Å². The van der Waals surface area contributed by atoms with Gasteiger partial charge in [-0.05, 0) is 43.3 Å². The van der Waals surface area contributed by atoms with Gasteiger partial charge in [0.2, 0.25) is 0 Å². The first kappa shape index (κ1) is 15.6. The van der Waals surface area contributed by atoms with E-state index in [9.17, 15) is 14.0 Å². The SMILES string of the molecule is CC(=O)c1ccc(NC(=O)c2ncoc2-c2cccc(F)c2)cc1. The van der Waals surface area contributed by atoms with Crippen molar-refractivity contribution < 1.29 is 18.4 Å². The first-order valence-electron chi connectivity index (χ1n) is 7.16. The topological polar surface area (TPSA) is 72.2 Å². The van der Waals surface area contributed by atoms with Gasteiger partial charge in [-0.2, -0.15) is 0 Å². The Kier molecular flexibility index (Phi) is 4.20. The van der Waals surface area contributed by atoms with Gasteiger partial charge in [0.25, 0.3) is 5.91 Å². The van der Waals surface area contributed by atoms with Crippen LogP contribution < -0.4 is 5.32 Å². The molecule has 0 saturated carbocycles. The number of carbonyl (C=O) groups excluding carboxylic acids is 2. The Hall–Kier alpha value is -3.28. The van der Waals surface area contributed by atoms with Crippen LogP contribution in [0.1, 0.15) is 27.8 Å². The number of nitrogens with one attached hydrogen (secondary N) is 1. The third-order valence-electron chi connectivity index (χ3n) is 3.42. The lowest BCUT2D eigenvalue weighted by Crippen LogP contribution is -2.13. The van der Waals surface area contributed by atoms with Crippen molar-refractivity contribution in [3.05, 3.63) is 72.0 Å². The summed E-state index contributed by atoms with van der Waals surface area (Å²) in [6.07, 6.45) is 1.13. The molecule has 0 radical (unpaired) electrons. The van der Waals surface area contributed by atoms with E-state index in [2.05, 4.69) is 10.3 Å².